The first-order valence-electron chi connectivity index (χ1n) is 13.5. The van der Waals surface area contributed by atoms with E-state index in [1.54, 1.807) is 18.5 Å². The van der Waals surface area contributed by atoms with Crippen molar-refractivity contribution in [2.45, 2.75) is 31.8 Å². The second-order valence-corrected chi connectivity index (χ2v) is 10.5. The molecule has 3 heterocycles. The molecule has 6 rings (SSSR count). The van der Waals surface area contributed by atoms with Crippen LogP contribution in [0.3, 0.4) is 0 Å². The van der Waals surface area contributed by atoms with Crippen LogP contribution in [0.2, 0.25) is 0 Å². The smallest absolute Gasteiger partial charge is 0.321 e. The summed E-state index contributed by atoms with van der Waals surface area (Å²) in [7, 11) is 2.11. The minimum absolute atomic E-state index is 0.00400. The van der Waals surface area contributed by atoms with Crippen molar-refractivity contribution in [3.05, 3.63) is 89.7 Å². The van der Waals surface area contributed by atoms with Gasteiger partial charge in [-0.25, -0.2) is 9.97 Å². The molecular weight excluding hydrogens is 502 g/mol. The Labute approximate surface area is 232 Å². The summed E-state index contributed by atoms with van der Waals surface area (Å²) >= 11 is 0. The number of carbonyl (C=O) groups is 1. The van der Waals surface area contributed by atoms with E-state index in [-0.39, 0.29) is 23.8 Å². The van der Waals surface area contributed by atoms with E-state index in [1.165, 1.54) is 0 Å². The molecule has 9 nitrogen and oxygen atoms in total. The van der Waals surface area contributed by atoms with Gasteiger partial charge in [0.1, 0.15) is 11.6 Å². The normalized spacial score (nSPS) is 15.7. The van der Waals surface area contributed by atoms with Gasteiger partial charge in [-0.05, 0) is 62.0 Å². The molecule has 40 heavy (non-hydrogen) atoms. The highest BCUT2D eigenvalue weighted by atomic mass is 16.5. The molecule has 202 valence electrons. The fraction of sp³-hybridized carbons (Fsp3) is 0.258. The monoisotopic (exact) mass is 534 g/mol. The summed E-state index contributed by atoms with van der Waals surface area (Å²) in [4.78, 5) is 24.4. The Balaban J connectivity index is 1.41. The van der Waals surface area contributed by atoms with Gasteiger partial charge in [0.05, 0.1) is 6.42 Å². The first-order chi connectivity index (χ1) is 19.4. The Morgan fingerprint density at radius 2 is 1.88 bits per heavy atom. The number of rotatable bonds is 7. The van der Waals surface area contributed by atoms with E-state index in [2.05, 4.69) is 37.9 Å². The number of ether oxygens (including phenoxy) is 1. The molecule has 3 aromatic carbocycles. The van der Waals surface area contributed by atoms with Gasteiger partial charge in [-0.3, -0.25) is 10.2 Å². The summed E-state index contributed by atoms with van der Waals surface area (Å²) in [6.07, 6.45) is 5.66. The Morgan fingerprint density at radius 1 is 1.10 bits per heavy atom. The number of piperidine rings is 1. The van der Waals surface area contributed by atoms with Crippen LogP contribution in [0.15, 0.2) is 73.1 Å². The summed E-state index contributed by atoms with van der Waals surface area (Å²) in [6, 6.07) is 20.0. The van der Waals surface area contributed by atoms with Gasteiger partial charge in [0.15, 0.2) is 6.54 Å². The zero-order chi connectivity index (χ0) is 27.6. The standard InChI is InChI=1S/C31H31N7O2/c1-37-13-9-24(10-14-37)36-30(39)28-17-21-7-8-22(29(32)33)18-27(21)38(28)19-23-16-25(40-31-34-11-4-12-35-31)15-20-5-2-3-6-26(20)23/h2-8,11-12,15-16,18,24H,9-10,13-14,17,19H2,1H3,(H3-,32,33,36,39)/p+1. The number of nitrogens with two attached hydrogens (primary N) is 1. The van der Waals surface area contributed by atoms with Crippen molar-refractivity contribution >= 4 is 33.9 Å². The van der Waals surface area contributed by atoms with Crippen LogP contribution in [-0.4, -0.2) is 63.1 Å². The Kier molecular flexibility index (Phi) is 6.96. The number of carbonyl (C=O) groups excluding carboxylic acids is 1. The van der Waals surface area contributed by atoms with E-state index in [4.69, 9.17) is 15.9 Å². The lowest BCUT2D eigenvalue weighted by atomic mass is 10.0. The number of amides is 1. The van der Waals surface area contributed by atoms with Crippen molar-refractivity contribution < 1.29 is 14.1 Å². The average Bonchev–Trinajstić information content (AvgIpc) is 3.32. The highest BCUT2D eigenvalue weighted by Gasteiger charge is 2.36. The fourth-order valence-corrected chi connectivity index (χ4v) is 5.52. The highest BCUT2D eigenvalue weighted by molar-refractivity contribution is 6.38. The van der Waals surface area contributed by atoms with Gasteiger partial charge in [0.25, 0.3) is 5.71 Å². The Bertz CT molecular complexity index is 1630. The predicted octanol–water partition coefficient (Wildman–Crippen LogP) is 3.76. The summed E-state index contributed by atoms with van der Waals surface area (Å²) in [5.41, 5.74) is 10.1. The number of hydrogen-bond acceptors (Lipinski definition) is 6. The highest BCUT2D eigenvalue weighted by Crippen LogP contribution is 2.33. The molecule has 0 saturated carbocycles. The zero-order valence-electron chi connectivity index (χ0n) is 22.4. The van der Waals surface area contributed by atoms with Crippen LogP contribution in [0, 0.1) is 5.41 Å². The second kappa shape index (κ2) is 10.9. The predicted molar refractivity (Wildman–Crippen MR) is 155 cm³/mol. The van der Waals surface area contributed by atoms with Gasteiger partial charge in [-0.2, -0.15) is 4.58 Å². The van der Waals surface area contributed by atoms with Crippen molar-refractivity contribution in [1.29, 1.82) is 5.41 Å². The minimum atomic E-state index is -0.0514. The summed E-state index contributed by atoms with van der Waals surface area (Å²) < 4.78 is 8.09. The number of nitrogen functional groups attached to an aromatic ring is 1. The molecule has 0 radical (unpaired) electrons. The van der Waals surface area contributed by atoms with E-state index in [9.17, 15) is 4.79 Å². The molecule has 0 atom stereocenters. The van der Waals surface area contributed by atoms with E-state index in [0.29, 0.717) is 30.0 Å². The molecule has 0 bridgehead atoms. The van der Waals surface area contributed by atoms with Crippen LogP contribution >= 0.6 is 0 Å². The maximum atomic E-state index is 13.7. The lowest BCUT2D eigenvalue weighted by Crippen LogP contribution is -2.46. The molecule has 4 N–H and O–H groups in total. The Hall–Kier alpha value is -4.63. The van der Waals surface area contributed by atoms with E-state index in [1.807, 2.05) is 48.5 Å². The number of nitrogens with one attached hydrogen (secondary N) is 2. The van der Waals surface area contributed by atoms with Crippen molar-refractivity contribution in [2.75, 3.05) is 20.1 Å². The van der Waals surface area contributed by atoms with Crippen LogP contribution in [0.5, 0.6) is 11.8 Å². The molecule has 9 heteroatoms. The second-order valence-electron chi connectivity index (χ2n) is 10.5. The van der Waals surface area contributed by atoms with Gasteiger partial charge in [-0.1, -0.05) is 36.4 Å². The largest absolute Gasteiger partial charge is 0.424 e. The molecule has 0 unspecified atom stereocenters. The van der Waals surface area contributed by atoms with E-state index < -0.39 is 0 Å². The van der Waals surface area contributed by atoms with Crippen LogP contribution in [-0.2, 0) is 17.8 Å². The lowest BCUT2D eigenvalue weighted by molar-refractivity contribution is -0.453. The van der Waals surface area contributed by atoms with Crippen molar-refractivity contribution in [3.63, 3.8) is 0 Å². The molecular formula is C31H32N7O2+. The fourth-order valence-electron chi connectivity index (χ4n) is 5.52. The molecule has 0 spiro atoms. The molecule has 2 aliphatic heterocycles. The maximum Gasteiger partial charge on any atom is 0.321 e. The van der Waals surface area contributed by atoms with E-state index in [0.717, 1.165) is 53.5 Å². The average molecular weight is 535 g/mol. The van der Waals surface area contributed by atoms with Gasteiger partial charge in [0, 0.05) is 41.2 Å². The van der Waals surface area contributed by atoms with Gasteiger partial charge < -0.3 is 20.7 Å². The summed E-state index contributed by atoms with van der Waals surface area (Å²) in [5.74, 6) is 0.564. The topological polar surface area (TPSA) is 120 Å². The first kappa shape index (κ1) is 25.6. The third kappa shape index (κ3) is 5.28. The molecule has 1 saturated heterocycles. The van der Waals surface area contributed by atoms with Crippen molar-refractivity contribution in [2.24, 2.45) is 5.73 Å². The quantitative estimate of drug-likeness (QED) is 0.189. The third-order valence-electron chi connectivity index (χ3n) is 7.69. The third-order valence-corrected chi connectivity index (χ3v) is 7.69. The SMILES string of the molecule is CN1CCC(NC(=O)C2=[N+](Cc3cc(Oc4ncccn4)cc4ccccc34)c3cc(C(=N)N)ccc3C2)CC1. The zero-order valence-corrected chi connectivity index (χ0v) is 22.4. The van der Waals surface area contributed by atoms with Crippen molar-refractivity contribution in [1.82, 2.24) is 20.2 Å². The number of aromatic nitrogens is 2. The van der Waals surface area contributed by atoms with Crippen LogP contribution in [0.25, 0.3) is 10.8 Å². The summed E-state index contributed by atoms with van der Waals surface area (Å²) in [5, 5.41) is 13.4. The number of fused-ring (bicyclic) bond motifs is 2. The van der Waals surface area contributed by atoms with Crippen LogP contribution in [0.4, 0.5) is 5.69 Å². The minimum Gasteiger partial charge on any atom is -0.424 e. The number of nitrogens with zero attached hydrogens (tertiary/aromatic N) is 4. The number of amidine groups is 1. The molecule has 4 aromatic rings. The molecule has 1 amide bonds. The summed E-state index contributed by atoms with van der Waals surface area (Å²) in [6.45, 7) is 2.38. The van der Waals surface area contributed by atoms with Gasteiger partial charge in [0.2, 0.25) is 5.69 Å². The molecule has 1 aromatic heterocycles. The maximum absolute atomic E-state index is 13.7. The van der Waals surface area contributed by atoms with E-state index >= 15 is 0 Å². The van der Waals surface area contributed by atoms with Gasteiger partial charge in [-0.15, -0.1) is 0 Å². The van der Waals surface area contributed by atoms with Crippen LogP contribution in [0.1, 0.15) is 29.5 Å². The van der Waals surface area contributed by atoms with Gasteiger partial charge >= 0.3 is 11.9 Å². The lowest BCUT2D eigenvalue weighted by Gasteiger charge is -2.29. The molecule has 0 aliphatic carbocycles. The van der Waals surface area contributed by atoms with Crippen LogP contribution < -0.4 is 15.8 Å². The number of hydrogen-bond donors (Lipinski definition) is 3. The Morgan fingerprint density at radius 3 is 2.65 bits per heavy atom. The number of benzene rings is 3. The van der Waals surface area contributed by atoms with Crippen molar-refractivity contribution in [3.8, 4) is 11.8 Å². The molecule has 2 aliphatic rings. The first-order valence-corrected chi connectivity index (χ1v) is 13.5. The number of likely N-dealkylation sites (tertiary alicyclic amines) is 1. The molecule has 1 fully saturated rings.